The van der Waals surface area contributed by atoms with Crippen LogP contribution in [0.4, 0.5) is 10.1 Å². The van der Waals surface area contributed by atoms with Crippen LogP contribution >= 0.6 is 11.3 Å². The Morgan fingerprint density at radius 1 is 1.17 bits per heavy atom. The van der Waals surface area contributed by atoms with Gasteiger partial charge in [-0.3, -0.25) is 14.9 Å². The van der Waals surface area contributed by atoms with Gasteiger partial charge in [0.2, 0.25) is 0 Å². The lowest BCUT2D eigenvalue weighted by Crippen LogP contribution is -2.15. The minimum absolute atomic E-state index is 0.0350. The molecule has 0 saturated heterocycles. The highest BCUT2D eigenvalue weighted by molar-refractivity contribution is 7.20. The standard InChI is InChI=1S/C20H12FN3O4S/c21-14-3-1-2-12(8-14)17-6-5-16(28-17)11-22-23-20(25)19-10-13-9-15(24(26)27)4-7-18(13)29-19/h1-11H,(H,23,25). The largest absolute Gasteiger partial charge is 0.455 e. The number of hydrogen-bond donors (Lipinski definition) is 1. The van der Waals surface area contributed by atoms with E-state index >= 15 is 0 Å². The molecule has 1 N–H and O–H groups in total. The van der Waals surface area contributed by atoms with Crippen LogP contribution in [0.2, 0.25) is 0 Å². The second-order valence-corrected chi connectivity index (χ2v) is 7.09. The van der Waals surface area contributed by atoms with Crippen LogP contribution in [0.5, 0.6) is 0 Å². The van der Waals surface area contributed by atoms with Gasteiger partial charge >= 0.3 is 0 Å². The predicted octanol–water partition coefficient (Wildman–Crippen LogP) is 4.97. The number of non-ortho nitro benzene ring substituents is 1. The topological polar surface area (TPSA) is 97.7 Å². The Balaban J connectivity index is 1.45. The number of nitro groups is 1. The molecule has 0 aliphatic heterocycles. The number of hydrazone groups is 1. The van der Waals surface area contributed by atoms with Gasteiger partial charge in [-0.25, -0.2) is 9.82 Å². The van der Waals surface area contributed by atoms with Crippen molar-refractivity contribution in [2.24, 2.45) is 5.10 Å². The number of nitrogens with zero attached hydrogens (tertiary/aromatic N) is 2. The van der Waals surface area contributed by atoms with E-state index < -0.39 is 10.8 Å². The first-order chi connectivity index (χ1) is 14.0. The number of halogens is 1. The molecule has 0 atom stereocenters. The van der Waals surface area contributed by atoms with Gasteiger partial charge in [0.25, 0.3) is 11.6 Å². The number of carbonyl (C=O) groups excluding carboxylic acids is 1. The number of thiophene rings is 1. The van der Waals surface area contributed by atoms with Gasteiger partial charge in [0.05, 0.1) is 16.0 Å². The van der Waals surface area contributed by atoms with Crippen molar-refractivity contribution in [1.29, 1.82) is 0 Å². The zero-order valence-corrected chi connectivity index (χ0v) is 15.5. The van der Waals surface area contributed by atoms with E-state index in [4.69, 9.17) is 4.42 Å². The van der Waals surface area contributed by atoms with Crippen LogP contribution in [0, 0.1) is 15.9 Å². The highest BCUT2D eigenvalue weighted by Crippen LogP contribution is 2.29. The summed E-state index contributed by atoms with van der Waals surface area (Å²) in [6.07, 6.45) is 1.33. The van der Waals surface area contributed by atoms with E-state index in [1.54, 1.807) is 36.4 Å². The van der Waals surface area contributed by atoms with Gasteiger partial charge in [0.1, 0.15) is 17.3 Å². The summed E-state index contributed by atoms with van der Waals surface area (Å²) >= 11 is 1.21. The van der Waals surface area contributed by atoms with Crippen LogP contribution in [0.15, 0.2) is 70.2 Å². The molecule has 7 nitrogen and oxygen atoms in total. The van der Waals surface area contributed by atoms with Crippen LogP contribution in [0.25, 0.3) is 21.4 Å². The number of rotatable bonds is 5. The molecule has 1 amide bonds. The van der Waals surface area contributed by atoms with Gasteiger partial charge in [-0.2, -0.15) is 5.10 Å². The van der Waals surface area contributed by atoms with Crippen LogP contribution in [0.1, 0.15) is 15.4 Å². The Morgan fingerprint density at radius 2 is 2.03 bits per heavy atom. The van der Waals surface area contributed by atoms with Gasteiger partial charge in [-0.05, 0) is 36.4 Å². The van der Waals surface area contributed by atoms with Gasteiger partial charge in [-0.1, -0.05) is 12.1 Å². The third-order valence-electron chi connectivity index (χ3n) is 4.03. The third kappa shape index (κ3) is 4.04. The van der Waals surface area contributed by atoms with Gasteiger partial charge in [-0.15, -0.1) is 11.3 Å². The molecule has 0 fully saturated rings. The number of carbonyl (C=O) groups is 1. The molecule has 4 rings (SSSR count). The number of amides is 1. The molecule has 9 heteroatoms. The molecular formula is C20H12FN3O4S. The van der Waals surface area contributed by atoms with E-state index in [1.165, 1.54) is 41.8 Å². The number of furan rings is 1. The summed E-state index contributed by atoms with van der Waals surface area (Å²) in [7, 11) is 0. The predicted molar refractivity (Wildman–Crippen MR) is 108 cm³/mol. The van der Waals surface area contributed by atoms with Crippen molar-refractivity contribution in [3.63, 3.8) is 0 Å². The molecule has 0 aliphatic carbocycles. The highest BCUT2D eigenvalue weighted by atomic mass is 32.1. The maximum absolute atomic E-state index is 13.3. The maximum Gasteiger partial charge on any atom is 0.281 e. The number of nitro benzene ring substituents is 1. The second kappa shape index (κ2) is 7.64. The van der Waals surface area contributed by atoms with Crippen molar-refractivity contribution >= 4 is 39.2 Å². The smallest absolute Gasteiger partial charge is 0.281 e. The molecule has 0 unspecified atom stereocenters. The zero-order chi connectivity index (χ0) is 20.4. The maximum atomic E-state index is 13.3. The summed E-state index contributed by atoms with van der Waals surface area (Å²) in [5, 5.41) is 15.3. The van der Waals surface area contributed by atoms with Crippen molar-refractivity contribution in [1.82, 2.24) is 5.43 Å². The minimum Gasteiger partial charge on any atom is -0.455 e. The van der Waals surface area contributed by atoms with E-state index in [-0.39, 0.29) is 11.5 Å². The fourth-order valence-corrected chi connectivity index (χ4v) is 3.62. The molecule has 29 heavy (non-hydrogen) atoms. The Labute approximate surface area is 167 Å². The molecule has 2 aromatic carbocycles. The Morgan fingerprint density at radius 3 is 2.83 bits per heavy atom. The second-order valence-electron chi connectivity index (χ2n) is 6.00. The third-order valence-corrected chi connectivity index (χ3v) is 5.14. The van der Waals surface area contributed by atoms with E-state index in [1.807, 2.05) is 0 Å². The summed E-state index contributed by atoms with van der Waals surface area (Å²) in [5.74, 6) is 0.0527. The summed E-state index contributed by atoms with van der Waals surface area (Å²) in [5.41, 5.74) is 2.95. The first-order valence-corrected chi connectivity index (χ1v) is 9.18. The lowest BCUT2D eigenvalue weighted by atomic mass is 10.2. The van der Waals surface area contributed by atoms with Crippen LogP contribution < -0.4 is 5.43 Å². The molecule has 144 valence electrons. The number of nitrogens with one attached hydrogen (secondary N) is 1. The monoisotopic (exact) mass is 409 g/mol. The van der Waals surface area contributed by atoms with E-state index in [0.29, 0.717) is 27.3 Å². The Bertz CT molecular complexity index is 1260. The molecule has 2 aromatic heterocycles. The van der Waals surface area contributed by atoms with Gasteiger partial charge in [0.15, 0.2) is 0 Å². The summed E-state index contributed by atoms with van der Waals surface area (Å²) in [6, 6.07) is 15.3. The van der Waals surface area contributed by atoms with Crippen molar-refractivity contribution in [3.8, 4) is 11.3 Å². The van der Waals surface area contributed by atoms with Crippen molar-refractivity contribution in [2.75, 3.05) is 0 Å². The van der Waals surface area contributed by atoms with Crippen LogP contribution in [-0.4, -0.2) is 17.0 Å². The molecule has 0 aliphatic rings. The molecule has 0 bridgehead atoms. The fourth-order valence-electron chi connectivity index (χ4n) is 2.68. The van der Waals surface area contributed by atoms with Crippen molar-refractivity contribution in [2.45, 2.75) is 0 Å². The number of benzene rings is 2. The lowest BCUT2D eigenvalue weighted by molar-refractivity contribution is -0.384. The first-order valence-electron chi connectivity index (χ1n) is 8.37. The van der Waals surface area contributed by atoms with Crippen molar-refractivity contribution in [3.05, 3.63) is 87.2 Å². The minimum atomic E-state index is -0.484. The fraction of sp³-hybridized carbons (Fsp3) is 0. The van der Waals surface area contributed by atoms with Crippen LogP contribution in [0.3, 0.4) is 0 Å². The van der Waals surface area contributed by atoms with E-state index in [0.717, 1.165) is 4.70 Å². The Kier molecular flexibility index (Phi) is 4.88. The SMILES string of the molecule is O=C(NN=Cc1ccc(-c2cccc(F)c2)o1)c1cc2cc([N+](=O)[O-])ccc2s1. The summed E-state index contributed by atoms with van der Waals surface area (Å²) in [4.78, 5) is 23.0. The molecule has 0 saturated carbocycles. The van der Waals surface area contributed by atoms with Crippen LogP contribution in [-0.2, 0) is 0 Å². The molecule has 0 radical (unpaired) electrons. The van der Waals surface area contributed by atoms with Crippen molar-refractivity contribution < 1.29 is 18.5 Å². The summed E-state index contributed by atoms with van der Waals surface area (Å²) < 4.78 is 19.6. The Hall–Kier alpha value is -3.85. The summed E-state index contributed by atoms with van der Waals surface area (Å²) in [6.45, 7) is 0. The molecular weight excluding hydrogens is 397 g/mol. The quantitative estimate of drug-likeness (QED) is 0.286. The van der Waals surface area contributed by atoms with Gasteiger partial charge < -0.3 is 4.42 Å². The average Bonchev–Trinajstić information content (AvgIpc) is 3.34. The number of hydrogen-bond acceptors (Lipinski definition) is 6. The zero-order valence-electron chi connectivity index (χ0n) is 14.7. The van der Waals surface area contributed by atoms with E-state index in [2.05, 4.69) is 10.5 Å². The number of fused-ring (bicyclic) bond motifs is 1. The van der Waals surface area contributed by atoms with E-state index in [9.17, 15) is 19.3 Å². The van der Waals surface area contributed by atoms with Gasteiger partial charge in [0, 0.05) is 27.8 Å². The lowest BCUT2D eigenvalue weighted by Gasteiger charge is -1.96. The average molecular weight is 409 g/mol. The normalized spacial score (nSPS) is 11.2. The first kappa shape index (κ1) is 18.5. The molecule has 0 spiro atoms. The molecule has 4 aromatic rings. The highest BCUT2D eigenvalue weighted by Gasteiger charge is 2.13. The molecule has 2 heterocycles.